The number of nitrogens with one attached hydrogen (secondary N) is 2. The topological polar surface area (TPSA) is 141 Å². The first-order valence-electron chi connectivity index (χ1n) is 11.3. The molecule has 0 saturated carbocycles. The molecule has 33 heavy (non-hydrogen) atoms. The molecular weight excluding hydrogens is 422 g/mol. The number of aldehydes is 1. The van der Waals surface area contributed by atoms with Gasteiger partial charge in [-0.1, -0.05) is 26.8 Å². The third kappa shape index (κ3) is 5.54. The molecule has 1 aromatic heterocycles. The summed E-state index contributed by atoms with van der Waals surface area (Å²) in [6, 6.07) is 6.37. The quantitative estimate of drug-likeness (QED) is 0.397. The van der Waals surface area contributed by atoms with E-state index in [-0.39, 0.29) is 23.4 Å². The zero-order chi connectivity index (χ0) is 24.3. The molecule has 1 saturated heterocycles. The Morgan fingerprint density at radius 1 is 1.39 bits per heavy atom. The van der Waals surface area contributed by atoms with E-state index in [0.29, 0.717) is 31.0 Å². The van der Waals surface area contributed by atoms with E-state index in [1.807, 2.05) is 22.8 Å². The maximum absolute atomic E-state index is 12.4. The Kier molecular flexibility index (Phi) is 7.44. The van der Waals surface area contributed by atoms with Gasteiger partial charge < -0.3 is 36.2 Å². The molecule has 1 unspecified atom stereocenters. The molecule has 1 aromatic carbocycles. The van der Waals surface area contributed by atoms with Crippen LogP contribution in [-0.4, -0.2) is 55.0 Å². The highest BCUT2D eigenvalue weighted by atomic mass is 16.5. The van der Waals surface area contributed by atoms with Crippen molar-refractivity contribution in [3.63, 3.8) is 0 Å². The van der Waals surface area contributed by atoms with Crippen LogP contribution in [0.4, 0.5) is 0 Å². The summed E-state index contributed by atoms with van der Waals surface area (Å²) in [5.41, 5.74) is 12.9. The zero-order valence-electron chi connectivity index (χ0n) is 19.8. The van der Waals surface area contributed by atoms with Gasteiger partial charge in [0, 0.05) is 30.6 Å². The molecule has 3 rings (SSSR count). The number of nitrogens with two attached hydrogens (primary N) is 2. The third-order valence-corrected chi connectivity index (χ3v) is 6.18. The molecule has 2 heterocycles. The molecule has 4 atom stereocenters. The van der Waals surface area contributed by atoms with Gasteiger partial charge in [0.25, 0.3) is 5.91 Å². The fourth-order valence-electron chi connectivity index (χ4n) is 4.66. The number of methoxy groups -OCH3 is 1. The van der Waals surface area contributed by atoms with Crippen LogP contribution in [0, 0.1) is 11.3 Å². The van der Waals surface area contributed by atoms with E-state index in [2.05, 4.69) is 31.4 Å². The molecule has 1 fully saturated rings. The molecule has 1 aliphatic heterocycles. The van der Waals surface area contributed by atoms with Crippen molar-refractivity contribution in [2.24, 2.45) is 22.8 Å². The highest BCUT2D eigenvalue weighted by Crippen LogP contribution is 2.35. The van der Waals surface area contributed by atoms with Crippen molar-refractivity contribution in [1.82, 2.24) is 15.2 Å². The first-order chi connectivity index (χ1) is 15.6. The summed E-state index contributed by atoms with van der Waals surface area (Å²) in [7, 11) is 1.59. The summed E-state index contributed by atoms with van der Waals surface area (Å²) in [5.74, 6) is -0.413. The summed E-state index contributed by atoms with van der Waals surface area (Å²) in [4.78, 5) is 36.3. The number of hydrogen-bond acceptors (Lipinski definition) is 6. The number of rotatable bonds is 10. The Labute approximate surface area is 194 Å². The molecule has 9 heteroatoms. The van der Waals surface area contributed by atoms with Crippen molar-refractivity contribution in [2.75, 3.05) is 20.2 Å². The summed E-state index contributed by atoms with van der Waals surface area (Å²) >= 11 is 0. The standard InChI is InChI=1S/C24H35N5O4/c1-24(2,3)10-15(11-27-14(13-30)8-16-18(25)12-28-23(16)32)29-19-6-5-7-21(33-4)17(19)9-20(29)22(26)31/h5-7,9,13-16,18,27H,8,10-12,25H2,1-4H3,(H2,26,31)(H,28,32)/t14-,15-,16-,18?/m0/s1. The number of carbonyl (C=O) groups is 3. The first kappa shape index (κ1) is 24.7. The van der Waals surface area contributed by atoms with Crippen LogP contribution < -0.4 is 26.8 Å². The number of carbonyl (C=O) groups excluding carboxylic acids is 3. The van der Waals surface area contributed by atoms with Crippen molar-refractivity contribution in [3.05, 3.63) is 30.0 Å². The first-order valence-corrected chi connectivity index (χ1v) is 11.3. The lowest BCUT2D eigenvalue weighted by Gasteiger charge is -2.30. The van der Waals surface area contributed by atoms with Gasteiger partial charge in [0.05, 0.1) is 24.6 Å². The fraction of sp³-hybridized carbons (Fsp3) is 0.542. The van der Waals surface area contributed by atoms with Crippen molar-refractivity contribution in [2.45, 2.75) is 51.7 Å². The van der Waals surface area contributed by atoms with Gasteiger partial charge in [-0.2, -0.15) is 0 Å². The van der Waals surface area contributed by atoms with Crippen molar-refractivity contribution in [3.8, 4) is 5.75 Å². The minimum Gasteiger partial charge on any atom is -0.496 e. The normalized spacial score (nSPS) is 20.5. The number of ether oxygens (including phenoxy) is 1. The van der Waals surface area contributed by atoms with Gasteiger partial charge in [-0.25, -0.2) is 0 Å². The number of hydrogen-bond donors (Lipinski definition) is 4. The number of fused-ring (bicyclic) bond motifs is 1. The predicted molar refractivity (Wildman–Crippen MR) is 127 cm³/mol. The Hall–Kier alpha value is -2.91. The summed E-state index contributed by atoms with van der Waals surface area (Å²) in [6.07, 6.45) is 1.86. The van der Waals surface area contributed by atoms with Crippen LogP contribution in [0.1, 0.15) is 50.1 Å². The predicted octanol–water partition coefficient (Wildman–Crippen LogP) is 1.35. The number of nitrogens with zero attached hydrogens (tertiary/aromatic N) is 1. The highest BCUT2D eigenvalue weighted by molar-refractivity contribution is 5.99. The summed E-state index contributed by atoms with van der Waals surface area (Å²) < 4.78 is 7.43. The molecule has 180 valence electrons. The van der Waals surface area contributed by atoms with Gasteiger partial charge in [0.1, 0.15) is 17.7 Å². The summed E-state index contributed by atoms with van der Waals surface area (Å²) in [6.45, 7) is 7.19. The van der Waals surface area contributed by atoms with Crippen molar-refractivity contribution in [1.29, 1.82) is 0 Å². The molecule has 6 N–H and O–H groups in total. The smallest absolute Gasteiger partial charge is 0.265 e. The second-order valence-corrected chi connectivity index (χ2v) is 9.98. The van der Waals surface area contributed by atoms with Gasteiger partial charge in [-0.15, -0.1) is 0 Å². The van der Waals surface area contributed by atoms with Crippen LogP contribution >= 0.6 is 0 Å². The largest absolute Gasteiger partial charge is 0.496 e. The maximum Gasteiger partial charge on any atom is 0.265 e. The lowest BCUT2D eigenvalue weighted by atomic mass is 9.87. The Morgan fingerprint density at radius 3 is 2.67 bits per heavy atom. The Balaban J connectivity index is 1.94. The van der Waals surface area contributed by atoms with Gasteiger partial charge in [0.15, 0.2) is 0 Å². The Morgan fingerprint density at radius 2 is 2.12 bits per heavy atom. The lowest BCUT2D eigenvalue weighted by Crippen LogP contribution is -2.41. The fourth-order valence-corrected chi connectivity index (χ4v) is 4.66. The van der Waals surface area contributed by atoms with Crippen LogP contribution in [-0.2, 0) is 9.59 Å². The maximum atomic E-state index is 12.4. The summed E-state index contributed by atoms with van der Waals surface area (Å²) in [5, 5.41) is 6.84. The van der Waals surface area contributed by atoms with Crippen LogP contribution in [0.15, 0.2) is 24.3 Å². The van der Waals surface area contributed by atoms with Gasteiger partial charge in [-0.3, -0.25) is 9.59 Å². The van der Waals surface area contributed by atoms with E-state index in [4.69, 9.17) is 16.2 Å². The van der Waals surface area contributed by atoms with E-state index >= 15 is 0 Å². The SMILES string of the molecule is COc1cccc2c1cc(C(N)=O)n2[C@H](CN[C@H](C=O)C[C@@H]1C(=O)NCC1N)CC(C)(C)C. The molecule has 2 aromatic rings. The van der Waals surface area contributed by atoms with Crippen molar-refractivity contribution < 1.29 is 19.1 Å². The van der Waals surface area contributed by atoms with E-state index < -0.39 is 17.9 Å². The van der Waals surface area contributed by atoms with Gasteiger partial charge in [-0.05, 0) is 36.5 Å². The lowest BCUT2D eigenvalue weighted by molar-refractivity contribution is -0.123. The monoisotopic (exact) mass is 457 g/mol. The average Bonchev–Trinajstić information content (AvgIpc) is 3.29. The minimum atomic E-state index is -0.541. The van der Waals surface area contributed by atoms with Crippen LogP contribution in [0.25, 0.3) is 10.9 Å². The third-order valence-electron chi connectivity index (χ3n) is 6.18. The molecule has 9 nitrogen and oxygen atoms in total. The average molecular weight is 458 g/mol. The van der Waals surface area contributed by atoms with Gasteiger partial charge >= 0.3 is 0 Å². The van der Waals surface area contributed by atoms with Gasteiger partial charge in [0.2, 0.25) is 5.91 Å². The van der Waals surface area contributed by atoms with E-state index in [9.17, 15) is 14.4 Å². The van der Waals surface area contributed by atoms with E-state index in [0.717, 1.165) is 23.6 Å². The van der Waals surface area contributed by atoms with Crippen LogP contribution in [0.2, 0.25) is 0 Å². The van der Waals surface area contributed by atoms with Crippen LogP contribution in [0.5, 0.6) is 5.75 Å². The molecule has 0 radical (unpaired) electrons. The van der Waals surface area contributed by atoms with Crippen molar-refractivity contribution >= 4 is 29.0 Å². The van der Waals surface area contributed by atoms with E-state index in [1.54, 1.807) is 13.2 Å². The molecular formula is C24H35N5O4. The molecule has 0 aliphatic carbocycles. The number of primary amides is 1. The number of amides is 2. The van der Waals surface area contributed by atoms with Crippen LogP contribution in [0.3, 0.4) is 0 Å². The molecule has 0 bridgehead atoms. The molecule has 1 aliphatic rings. The number of benzene rings is 1. The Bertz CT molecular complexity index is 1030. The molecule has 2 amide bonds. The number of aromatic nitrogens is 1. The molecule has 0 spiro atoms. The minimum absolute atomic E-state index is 0.0684. The zero-order valence-corrected chi connectivity index (χ0v) is 19.8. The second kappa shape index (κ2) is 9.93. The second-order valence-electron chi connectivity index (χ2n) is 9.98. The highest BCUT2D eigenvalue weighted by Gasteiger charge is 2.34. The van der Waals surface area contributed by atoms with E-state index in [1.165, 1.54) is 0 Å².